The Bertz CT molecular complexity index is 1190. The van der Waals surface area contributed by atoms with Crippen molar-refractivity contribution in [2.24, 2.45) is 11.3 Å². The molecule has 0 radical (unpaired) electrons. The molecule has 2 nitrogen and oxygen atoms in total. The van der Waals surface area contributed by atoms with Crippen molar-refractivity contribution in [1.82, 2.24) is 10.3 Å². The fraction of sp³-hybridized carbons (Fsp3) is 0.421. The molecule has 0 aliphatic heterocycles. The molecule has 0 amide bonds. The summed E-state index contributed by atoms with van der Waals surface area (Å²) >= 11 is 0. The van der Waals surface area contributed by atoms with Crippen molar-refractivity contribution in [1.29, 1.82) is 0 Å². The van der Waals surface area contributed by atoms with Gasteiger partial charge in [-0.05, 0) is 65.8 Å². The van der Waals surface area contributed by atoms with Gasteiger partial charge in [-0.15, -0.1) is 0 Å². The second-order valence-electron chi connectivity index (χ2n) is 12.4. The van der Waals surface area contributed by atoms with E-state index in [1.807, 2.05) is 12.1 Å². The van der Waals surface area contributed by atoms with Crippen LogP contribution >= 0.6 is 0 Å². The molecule has 0 saturated carbocycles. The maximum atomic E-state index is 3.94. The highest BCUT2D eigenvalue weighted by Gasteiger charge is 2.27. The van der Waals surface area contributed by atoms with E-state index < -0.39 is 0 Å². The van der Waals surface area contributed by atoms with Crippen molar-refractivity contribution >= 4 is 0 Å². The summed E-state index contributed by atoms with van der Waals surface area (Å²) in [5.41, 5.74) is 7.95. The number of rotatable bonds is 7. The Labute approximate surface area is 245 Å². The zero-order chi connectivity index (χ0) is 29.6. The predicted octanol–water partition coefficient (Wildman–Crippen LogP) is 11.0. The molecule has 216 valence electrons. The van der Waals surface area contributed by atoms with E-state index in [-0.39, 0.29) is 10.8 Å². The minimum Gasteiger partial charge on any atom is -0.365 e. The normalized spacial score (nSPS) is 17.1. The first-order chi connectivity index (χ1) is 19.0. The highest BCUT2D eigenvalue weighted by molar-refractivity contribution is 5.59. The van der Waals surface area contributed by atoms with Crippen molar-refractivity contribution < 1.29 is 0 Å². The van der Waals surface area contributed by atoms with Crippen molar-refractivity contribution in [3.8, 4) is 11.3 Å². The lowest BCUT2D eigenvalue weighted by atomic mass is 9.74. The van der Waals surface area contributed by atoms with Crippen LogP contribution in [0.5, 0.6) is 0 Å². The number of benzene rings is 2. The molecule has 1 atom stereocenters. The zero-order valence-corrected chi connectivity index (χ0v) is 26.5. The van der Waals surface area contributed by atoms with Crippen molar-refractivity contribution in [3.63, 3.8) is 0 Å². The van der Waals surface area contributed by atoms with E-state index >= 15 is 0 Å². The summed E-state index contributed by atoms with van der Waals surface area (Å²) < 4.78 is 0. The quantitative estimate of drug-likeness (QED) is 0.288. The largest absolute Gasteiger partial charge is 0.365 e. The van der Waals surface area contributed by atoms with E-state index in [0.29, 0.717) is 0 Å². The smallest absolute Gasteiger partial charge is 0.0456 e. The molecular weight excluding hydrogens is 484 g/mol. The number of hydrogen-bond acceptors (Lipinski definition) is 1. The summed E-state index contributed by atoms with van der Waals surface area (Å²) in [5, 5.41) is 3.53. The van der Waals surface area contributed by atoms with Crippen LogP contribution in [-0.4, -0.2) is 4.98 Å². The van der Waals surface area contributed by atoms with Crippen LogP contribution in [0.15, 0.2) is 109 Å². The lowest BCUT2D eigenvalue weighted by Gasteiger charge is -2.32. The average Bonchev–Trinajstić information content (AvgIpc) is 3.44. The lowest BCUT2D eigenvalue weighted by molar-refractivity contribution is 0.475. The van der Waals surface area contributed by atoms with E-state index in [1.54, 1.807) is 0 Å². The van der Waals surface area contributed by atoms with Gasteiger partial charge in [0.1, 0.15) is 0 Å². The third-order valence-electron chi connectivity index (χ3n) is 7.60. The van der Waals surface area contributed by atoms with E-state index in [9.17, 15) is 0 Å². The third kappa shape index (κ3) is 10.7. The first-order valence-corrected chi connectivity index (χ1v) is 15.1. The maximum absolute atomic E-state index is 3.94. The molecule has 0 spiro atoms. The molecule has 1 aliphatic rings. The molecule has 2 aromatic carbocycles. The molecule has 1 aliphatic carbocycles. The van der Waals surface area contributed by atoms with Gasteiger partial charge in [-0.2, -0.15) is 0 Å². The highest BCUT2D eigenvalue weighted by Crippen LogP contribution is 2.36. The molecule has 3 aromatic rings. The topological polar surface area (TPSA) is 27.8 Å². The van der Waals surface area contributed by atoms with Crippen molar-refractivity contribution in [2.75, 3.05) is 0 Å². The standard InChI is InChI=1S/C21H29N.C12H13N.C5H12/c1-6-17(20(2,3)4)16-22-19-13-10-14-21(5,15-19)18-11-8-7-9-12-18;1-2-11-8-9-12(13-11)10-6-4-3-5-7-10;1-4-5(2)3/h6-9,11-12,15-16,22H,1,10,13-14H2,2-5H3;3-9,13H,2H2,1H3;5H,4H2,1-3H3/b17-16+;;/t21-;;/m1../s1. The van der Waals surface area contributed by atoms with Gasteiger partial charge in [0.15, 0.2) is 0 Å². The van der Waals surface area contributed by atoms with Crippen LogP contribution in [0.4, 0.5) is 0 Å². The van der Waals surface area contributed by atoms with Crippen molar-refractivity contribution in [3.05, 3.63) is 120 Å². The minimum absolute atomic E-state index is 0.118. The average molecular weight is 539 g/mol. The molecule has 0 unspecified atom stereocenters. The highest BCUT2D eigenvalue weighted by atomic mass is 14.9. The lowest BCUT2D eigenvalue weighted by Crippen LogP contribution is -2.26. The summed E-state index contributed by atoms with van der Waals surface area (Å²) in [4.78, 5) is 3.38. The van der Waals surface area contributed by atoms with Crippen LogP contribution in [-0.2, 0) is 11.8 Å². The Morgan fingerprint density at radius 3 is 2.08 bits per heavy atom. The Morgan fingerprint density at radius 1 is 0.975 bits per heavy atom. The summed E-state index contributed by atoms with van der Waals surface area (Å²) in [6.07, 6.45) is 12.4. The van der Waals surface area contributed by atoms with Crippen LogP contribution in [0, 0.1) is 11.3 Å². The van der Waals surface area contributed by atoms with Gasteiger partial charge in [0.25, 0.3) is 0 Å². The van der Waals surface area contributed by atoms with Crippen LogP contribution in [0.2, 0.25) is 0 Å². The minimum atomic E-state index is 0.118. The van der Waals surface area contributed by atoms with E-state index in [0.717, 1.165) is 18.8 Å². The number of nitrogens with one attached hydrogen (secondary N) is 2. The van der Waals surface area contributed by atoms with Gasteiger partial charge in [0.05, 0.1) is 0 Å². The molecule has 0 bridgehead atoms. The second-order valence-corrected chi connectivity index (χ2v) is 12.4. The summed E-state index contributed by atoms with van der Waals surface area (Å²) in [6.45, 7) is 21.7. The van der Waals surface area contributed by atoms with Crippen LogP contribution in [0.1, 0.15) is 92.3 Å². The van der Waals surface area contributed by atoms with Crippen LogP contribution in [0.3, 0.4) is 0 Å². The number of aryl methyl sites for hydroxylation is 1. The maximum Gasteiger partial charge on any atom is 0.0456 e. The molecule has 0 saturated heterocycles. The monoisotopic (exact) mass is 538 g/mol. The fourth-order valence-corrected chi connectivity index (χ4v) is 4.52. The summed E-state index contributed by atoms with van der Waals surface area (Å²) in [7, 11) is 0. The molecule has 2 N–H and O–H groups in total. The molecule has 0 fully saturated rings. The molecule has 1 heterocycles. The number of aromatic nitrogens is 1. The Kier molecular flexibility index (Phi) is 13.3. The molecule has 4 rings (SSSR count). The van der Waals surface area contributed by atoms with Gasteiger partial charge in [0, 0.05) is 28.7 Å². The van der Waals surface area contributed by atoms with Gasteiger partial charge in [-0.3, -0.25) is 0 Å². The second kappa shape index (κ2) is 16.1. The number of allylic oxidation sites excluding steroid dienone is 4. The van der Waals surface area contributed by atoms with E-state index in [2.05, 4.69) is 151 Å². The third-order valence-corrected chi connectivity index (χ3v) is 7.60. The first kappa shape index (κ1) is 32.9. The SMILES string of the molecule is C=C/C(=C\NC1=C[C@](C)(c2ccccc2)CCC1)C(C)(C)C.CCC(C)C.CCc1ccc(-c2ccccc2)[nH]1. The Balaban J connectivity index is 0.000000261. The zero-order valence-electron chi connectivity index (χ0n) is 26.5. The Morgan fingerprint density at radius 2 is 1.57 bits per heavy atom. The molecule has 40 heavy (non-hydrogen) atoms. The van der Waals surface area contributed by atoms with Gasteiger partial charge in [0.2, 0.25) is 0 Å². The molecule has 2 heteroatoms. The summed E-state index contributed by atoms with van der Waals surface area (Å²) in [6, 6.07) is 25.5. The van der Waals surface area contributed by atoms with Gasteiger partial charge in [-0.1, -0.05) is 141 Å². The van der Waals surface area contributed by atoms with Crippen LogP contribution in [0.25, 0.3) is 11.3 Å². The number of hydrogen-bond donors (Lipinski definition) is 2. The number of H-pyrrole nitrogens is 1. The van der Waals surface area contributed by atoms with Crippen LogP contribution < -0.4 is 5.32 Å². The predicted molar refractivity (Wildman–Crippen MR) is 177 cm³/mol. The first-order valence-electron chi connectivity index (χ1n) is 15.1. The molecular formula is C38H54N2. The van der Waals surface area contributed by atoms with Crippen molar-refractivity contribution in [2.45, 2.75) is 92.9 Å². The van der Waals surface area contributed by atoms with E-state index in [4.69, 9.17) is 0 Å². The van der Waals surface area contributed by atoms with E-state index in [1.165, 1.54) is 53.0 Å². The summed E-state index contributed by atoms with van der Waals surface area (Å²) in [5.74, 6) is 0.884. The van der Waals surface area contributed by atoms with Gasteiger partial charge in [-0.25, -0.2) is 0 Å². The Hall–Kier alpha value is -3.26. The van der Waals surface area contributed by atoms with Gasteiger partial charge >= 0.3 is 0 Å². The van der Waals surface area contributed by atoms with Gasteiger partial charge < -0.3 is 10.3 Å². The molecule has 1 aromatic heterocycles. The number of aromatic amines is 1. The fourth-order valence-electron chi connectivity index (χ4n) is 4.52.